The van der Waals surface area contributed by atoms with Crippen LogP contribution in [0.25, 0.3) is 0 Å². The van der Waals surface area contributed by atoms with Gasteiger partial charge in [0.25, 0.3) is 0 Å². The first-order valence-corrected chi connectivity index (χ1v) is 8.50. The third-order valence-corrected chi connectivity index (χ3v) is 5.77. The minimum Gasteiger partial charge on any atom is -0.468 e. The van der Waals surface area contributed by atoms with Crippen LogP contribution in [0.3, 0.4) is 0 Å². The summed E-state index contributed by atoms with van der Waals surface area (Å²) in [5, 5.41) is 0. The van der Waals surface area contributed by atoms with Crippen molar-refractivity contribution in [1.82, 2.24) is 4.90 Å². The summed E-state index contributed by atoms with van der Waals surface area (Å²) in [5.74, 6) is -0.310. The van der Waals surface area contributed by atoms with Gasteiger partial charge in [0.05, 0.1) is 7.11 Å². The fourth-order valence-corrected chi connectivity index (χ4v) is 4.30. The highest BCUT2D eigenvalue weighted by Gasteiger charge is 2.38. The van der Waals surface area contributed by atoms with Gasteiger partial charge in [0.15, 0.2) is 0 Å². The second-order valence-corrected chi connectivity index (χ2v) is 7.56. The molecule has 4 heteroatoms. The quantitative estimate of drug-likeness (QED) is 0.810. The second kappa shape index (κ2) is 6.66. The molecule has 1 saturated carbocycles. The second-order valence-electron chi connectivity index (χ2n) is 7.56. The number of hydrogen-bond acceptors (Lipinski definition) is 4. The van der Waals surface area contributed by atoms with Gasteiger partial charge in [0.2, 0.25) is 0 Å². The predicted octanol–water partition coefficient (Wildman–Crippen LogP) is 2.70. The molecular formula is C17H32N2O2. The molecular weight excluding hydrogens is 264 g/mol. The van der Waals surface area contributed by atoms with Crippen LogP contribution < -0.4 is 5.73 Å². The minimum absolute atomic E-state index is 0.310. The van der Waals surface area contributed by atoms with Crippen LogP contribution in [0.1, 0.15) is 65.2 Å². The maximum atomic E-state index is 11.7. The van der Waals surface area contributed by atoms with E-state index in [4.69, 9.17) is 10.5 Å². The Morgan fingerprint density at radius 1 is 1.24 bits per heavy atom. The lowest BCUT2D eigenvalue weighted by molar-refractivity contribution is -0.147. The number of nitrogens with zero attached hydrogens (tertiary/aromatic N) is 1. The Bertz CT molecular complexity index is 352. The molecule has 1 saturated heterocycles. The van der Waals surface area contributed by atoms with Gasteiger partial charge in [-0.05, 0) is 64.5 Å². The molecule has 0 aromatic heterocycles. The zero-order valence-electron chi connectivity index (χ0n) is 14.0. The van der Waals surface area contributed by atoms with Gasteiger partial charge in [0.1, 0.15) is 5.54 Å². The average molecular weight is 296 g/mol. The highest BCUT2D eigenvalue weighted by Crippen LogP contribution is 2.44. The lowest BCUT2D eigenvalue weighted by Gasteiger charge is -2.46. The summed E-state index contributed by atoms with van der Waals surface area (Å²) in [7, 11) is 1.41. The molecule has 0 aromatic carbocycles. The highest BCUT2D eigenvalue weighted by molar-refractivity contribution is 5.79. The number of carbonyl (C=O) groups is 1. The summed E-state index contributed by atoms with van der Waals surface area (Å²) >= 11 is 0. The summed E-state index contributed by atoms with van der Waals surface area (Å²) < 4.78 is 4.81. The Kier molecular flexibility index (Phi) is 5.31. The van der Waals surface area contributed by atoms with Crippen LogP contribution in [-0.2, 0) is 9.53 Å². The summed E-state index contributed by atoms with van der Waals surface area (Å²) in [6, 6.07) is 0.333. The molecule has 0 aromatic rings. The number of ether oxygens (including phenoxy) is 1. The molecule has 2 N–H and O–H groups in total. The first kappa shape index (κ1) is 16.8. The number of likely N-dealkylation sites (tertiary alicyclic amines) is 1. The van der Waals surface area contributed by atoms with Gasteiger partial charge in [-0.15, -0.1) is 0 Å². The van der Waals surface area contributed by atoms with Crippen LogP contribution in [0.15, 0.2) is 0 Å². The summed E-state index contributed by atoms with van der Waals surface area (Å²) in [4.78, 5) is 14.2. The van der Waals surface area contributed by atoms with E-state index < -0.39 is 5.54 Å². The Balaban J connectivity index is 1.85. The van der Waals surface area contributed by atoms with Crippen molar-refractivity contribution in [2.45, 2.75) is 76.8 Å². The van der Waals surface area contributed by atoms with Crippen LogP contribution in [0.5, 0.6) is 0 Å². The molecule has 2 rings (SSSR count). The third kappa shape index (κ3) is 3.98. The molecule has 1 aliphatic heterocycles. The lowest BCUT2D eigenvalue weighted by Crippen LogP contribution is -2.52. The van der Waals surface area contributed by atoms with Gasteiger partial charge >= 0.3 is 5.97 Å². The SMILES string of the molecule is COC(=O)C(C)(N)CC(C)N1CCC2(CCCCC2)CC1. The number of nitrogens with two attached hydrogens (primary N) is 1. The van der Waals surface area contributed by atoms with E-state index in [-0.39, 0.29) is 5.97 Å². The van der Waals surface area contributed by atoms with Crippen LogP contribution in [0.2, 0.25) is 0 Å². The van der Waals surface area contributed by atoms with Crippen LogP contribution in [0.4, 0.5) is 0 Å². The summed E-state index contributed by atoms with van der Waals surface area (Å²) in [6.07, 6.45) is 10.4. The van der Waals surface area contributed by atoms with Crippen LogP contribution in [0, 0.1) is 5.41 Å². The van der Waals surface area contributed by atoms with E-state index in [0.717, 1.165) is 13.1 Å². The van der Waals surface area contributed by atoms with E-state index in [1.807, 2.05) is 0 Å². The zero-order valence-corrected chi connectivity index (χ0v) is 14.0. The smallest absolute Gasteiger partial charge is 0.325 e. The van der Waals surface area contributed by atoms with Gasteiger partial charge in [-0.3, -0.25) is 4.79 Å². The Labute approximate surface area is 129 Å². The number of esters is 1. The van der Waals surface area contributed by atoms with Gasteiger partial charge in [0, 0.05) is 6.04 Å². The molecule has 0 radical (unpaired) electrons. The van der Waals surface area contributed by atoms with E-state index in [2.05, 4.69) is 11.8 Å². The molecule has 1 spiro atoms. The normalized spacial score (nSPS) is 27.0. The van der Waals surface area contributed by atoms with E-state index >= 15 is 0 Å². The number of methoxy groups -OCH3 is 1. The van der Waals surface area contributed by atoms with Gasteiger partial charge < -0.3 is 15.4 Å². The molecule has 1 aliphatic carbocycles. The molecule has 4 nitrogen and oxygen atoms in total. The minimum atomic E-state index is -0.881. The first-order chi connectivity index (χ1) is 9.88. The van der Waals surface area contributed by atoms with Crippen molar-refractivity contribution in [2.75, 3.05) is 20.2 Å². The van der Waals surface area contributed by atoms with Gasteiger partial charge in [-0.1, -0.05) is 19.3 Å². The Hall–Kier alpha value is -0.610. The maximum absolute atomic E-state index is 11.7. The number of piperidine rings is 1. The summed E-state index contributed by atoms with van der Waals surface area (Å²) in [6.45, 7) is 6.27. The largest absolute Gasteiger partial charge is 0.468 e. The van der Waals surface area contributed by atoms with Crippen molar-refractivity contribution in [3.05, 3.63) is 0 Å². The highest BCUT2D eigenvalue weighted by atomic mass is 16.5. The number of carbonyl (C=O) groups excluding carboxylic acids is 1. The van der Waals surface area contributed by atoms with E-state index in [1.165, 1.54) is 52.1 Å². The van der Waals surface area contributed by atoms with Crippen LogP contribution >= 0.6 is 0 Å². The molecule has 0 bridgehead atoms. The topological polar surface area (TPSA) is 55.6 Å². The average Bonchev–Trinajstić information content (AvgIpc) is 2.47. The van der Waals surface area contributed by atoms with E-state index in [9.17, 15) is 4.79 Å². The number of hydrogen-bond donors (Lipinski definition) is 1. The van der Waals surface area contributed by atoms with Gasteiger partial charge in [-0.2, -0.15) is 0 Å². The number of rotatable bonds is 4. The molecule has 1 heterocycles. The van der Waals surface area contributed by atoms with Crippen molar-refractivity contribution < 1.29 is 9.53 Å². The van der Waals surface area contributed by atoms with Crippen LogP contribution in [-0.4, -0.2) is 42.6 Å². The molecule has 2 atom stereocenters. The fraction of sp³-hybridized carbons (Fsp3) is 0.941. The first-order valence-electron chi connectivity index (χ1n) is 8.50. The summed E-state index contributed by atoms with van der Waals surface area (Å²) in [5.41, 5.74) is 5.86. The zero-order chi connectivity index (χ0) is 15.5. The van der Waals surface area contributed by atoms with Crippen molar-refractivity contribution in [3.8, 4) is 0 Å². The molecule has 122 valence electrons. The van der Waals surface area contributed by atoms with Crippen molar-refractivity contribution in [1.29, 1.82) is 0 Å². The Morgan fingerprint density at radius 2 is 1.81 bits per heavy atom. The fourth-order valence-electron chi connectivity index (χ4n) is 4.30. The van der Waals surface area contributed by atoms with Crippen molar-refractivity contribution in [2.24, 2.45) is 11.1 Å². The lowest BCUT2D eigenvalue weighted by atomic mass is 9.68. The Morgan fingerprint density at radius 3 is 2.33 bits per heavy atom. The predicted molar refractivity (Wildman–Crippen MR) is 85.0 cm³/mol. The third-order valence-electron chi connectivity index (χ3n) is 5.77. The van der Waals surface area contributed by atoms with E-state index in [0.29, 0.717) is 17.9 Å². The van der Waals surface area contributed by atoms with Gasteiger partial charge in [-0.25, -0.2) is 0 Å². The maximum Gasteiger partial charge on any atom is 0.325 e. The van der Waals surface area contributed by atoms with Crippen molar-refractivity contribution >= 4 is 5.97 Å². The molecule has 2 aliphatic rings. The molecule has 2 unspecified atom stereocenters. The van der Waals surface area contributed by atoms with Crippen molar-refractivity contribution in [3.63, 3.8) is 0 Å². The molecule has 21 heavy (non-hydrogen) atoms. The monoisotopic (exact) mass is 296 g/mol. The molecule has 0 amide bonds. The standard InChI is InChI=1S/C17H32N2O2/c1-14(13-16(2,18)15(20)21-3)19-11-9-17(10-12-19)7-5-4-6-8-17/h14H,4-13,18H2,1-3H3. The van der Waals surface area contributed by atoms with E-state index in [1.54, 1.807) is 6.92 Å². The molecule has 2 fully saturated rings.